The van der Waals surface area contributed by atoms with Gasteiger partial charge in [0.1, 0.15) is 0 Å². The molecule has 2 N–H and O–H groups in total. The van der Waals surface area contributed by atoms with Gasteiger partial charge in [0.2, 0.25) is 0 Å². The van der Waals surface area contributed by atoms with Gasteiger partial charge in [-0.2, -0.15) is 5.06 Å². The third-order valence-electron chi connectivity index (χ3n) is 4.45. The van der Waals surface area contributed by atoms with E-state index in [9.17, 15) is 10.0 Å². The highest BCUT2D eigenvalue weighted by atomic mass is 16.5. The molecule has 90 valence electrons. The molecule has 0 radical (unpaired) electrons. The molecule has 4 fully saturated rings. The smallest absolute Gasteiger partial charge is 0.304 e. The summed E-state index contributed by atoms with van der Waals surface area (Å²) < 4.78 is 0. The molecule has 4 saturated heterocycles. The first-order valence-corrected chi connectivity index (χ1v) is 6.10. The van der Waals surface area contributed by atoms with Crippen LogP contribution in [-0.4, -0.2) is 57.0 Å². The van der Waals surface area contributed by atoms with Crippen molar-refractivity contribution in [1.29, 1.82) is 0 Å². The number of hydrogen-bond donors (Lipinski definition) is 2. The van der Waals surface area contributed by atoms with Crippen molar-refractivity contribution in [1.82, 2.24) is 9.96 Å². The van der Waals surface area contributed by atoms with Gasteiger partial charge in [0, 0.05) is 30.7 Å². The number of piperidine rings is 4. The second-order valence-electron chi connectivity index (χ2n) is 5.32. The third-order valence-corrected chi connectivity index (χ3v) is 4.45. The van der Waals surface area contributed by atoms with Crippen LogP contribution in [0.15, 0.2) is 0 Å². The van der Waals surface area contributed by atoms with Crippen molar-refractivity contribution in [2.75, 3.05) is 6.54 Å². The molecule has 0 saturated carbocycles. The van der Waals surface area contributed by atoms with E-state index in [1.165, 1.54) is 0 Å². The largest absolute Gasteiger partial charge is 0.481 e. The van der Waals surface area contributed by atoms with Crippen LogP contribution in [0, 0.1) is 0 Å². The third kappa shape index (κ3) is 1.54. The summed E-state index contributed by atoms with van der Waals surface area (Å²) in [5.41, 5.74) is 0. The van der Waals surface area contributed by atoms with E-state index in [2.05, 4.69) is 4.90 Å². The van der Waals surface area contributed by atoms with Crippen molar-refractivity contribution in [3.63, 3.8) is 0 Å². The molecular weight excluding hydrogens is 208 g/mol. The number of hydrogen-bond acceptors (Lipinski definition) is 4. The van der Waals surface area contributed by atoms with Gasteiger partial charge in [-0.1, -0.05) is 0 Å². The average molecular weight is 226 g/mol. The average Bonchev–Trinajstić information content (AvgIpc) is 2.21. The van der Waals surface area contributed by atoms with Gasteiger partial charge < -0.3 is 10.3 Å². The Bertz CT molecular complexity index is 278. The Kier molecular flexibility index (Phi) is 2.42. The van der Waals surface area contributed by atoms with E-state index in [1.54, 1.807) is 5.06 Å². The fourth-order valence-electron chi connectivity index (χ4n) is 3.80. The van der Waals surface area contributed by atoms with E-state index in [4.69, 9.17) is 5.11 Å². The molecule has 4 rings (SSSR count). The molecule has 4 heterocycles. The highest BCUT2D eigenvalue weighted by molar-refractivity contribution is 5.66. The summed E-state index contributed by atoms with van der Waals surface area (Å²) in [5, 5.41) is 20.1. The zero-order valence-electron chi connectivity index (χ0n) is 9.25. The van der Waals surface area contributed by atoms with E-state index in [0.717, 1.165) is 25.7 Å². The Morgan fingerprint density at radius 2 is 1.56 bits per heavy atom. The maximum absolute atomic E-state index is 10.6. The topological polar surface area (TPSA) is 64.0 Å². The first-order valence-electron chi connectivity index (χ1n) is 6.10. The lowest BCUT2D eigenvalue weighted by atomic mass is 9.74. The number of carboxylic acids is 1. The van der Waals surface area contributed by atoms with Gasteiger partial charge in [0.05, 0.1) is 6.42 Å². The molecule has 0 spiro atoms. The number of carbonyl (C=O) groups is 1. The van der Waals surface area contributed by atoms with Crippen molar-refractivity contribution >= 4 is 5.97 Å². The van der Waals surface area contributed by atoms with Gasteiger partial charge >= 0.3 is 5.97 Å². The molecule has 5 nitrogen and oxygen atoms in total. The molecule has 4 aliphatic rings. The maximum atomic E-state index is 10.6. The quantitative estimate of drug-likeness (QED) is 0.735. The first kappa shape index (κ1) is 10.5. The Morgan fingerprint density at radius 3 is 2.00 bits per heavy atom. The molecule has 4 aliphatic heterocycles. The molecule has 16 heavy (non-hydrogen) atoms. The van der Waals surface area contributed by atoms with Crippen LogP contribution in [0.4, 0.5) is 0 Å². The SMILES string of the molecule is O=C(O)CCN1C2CC3CC1CC(C2)N3O. The van der Waals surface area contributed by atoms with Crippen LogP contribution in [0.2, 0.25) is 0 Å². The van der Waals surface area contributed by atoms with Gasteiger partial charge in [-0.05, 0) is 25.7 Å². The lowest BCUT2D eigenvalue weighted by Crippen LogP contribution is -2.67. The predicted octanol–water partition coefficient (Wildman–Crippen LogP) is 0.530. The fourth-order valence-corrected chi connectivity index (χ4v) is 3.80. The molecular formula is C11H18N2O3. The van der Waals surface area contributed by atoms with Gasteiger partial charge in [-0.25, -0.2) is 0 Å². The lowest BCUT2D eigenvalue weighted by molar-refractivity contribution is -0.242. The Morgan fingerprint density at radius 1 is 1.06 bits per heavy atom. The van der Waals surface area contributed by atoms with Crippen LogP contribution >= 0.6 is 0 Å². The molecule has 0 aromatic carbocycles. The van der Waals surface area contributed by atoms with Crippen LogP contribution in [-0.2, 0) is 4.79 Å². The van der Waals surface area contributed by atoms with Gasteiger partial charge in [-0.15, -0.1) is 0 Å². The van der Waals surface area contributed by atoms with Crippen LogP contribution < -0.4 is 0 Å². The summed E-state index contributed by atoms with van der Waals surface area (Å²) in [6.45, 7) is 0.676. The van der Waals surface area contributed by atoms with Crippen molar-refractivity contribution in [2.24, 2.45) is 0 Å². The van der Waals surface area contributed by atoms with Crippen molar-refractivity contribution in [3.8, 4) is 0 Å². The molecule has 0 aromatic heterocycles. The molecule has 5 heteroatoms. The number of aliphatic carboxylic acids is 1. The normalized spacial score (nSPS) is 42.8. The van der Waals surface area contributed by atoms with E-state index in [0.29, 0.717) is 30.7 Å². The summed E-state index contributed by atoms with van der Waals surface area (Å²) in [7, 11) is 0. The maximum Gasteiger partial charge on any atom is 0.304 e. The first-order chi connectivity index (χ1) is 7.65. The highest BCUT2D eigenvalue weighted by Crippen LogP contribution is 2.43. The summed E-state index contributed by atoms with van der Waals surface area (Å²) in [5.74, 6) is -0.711. The second kappa shape index (κ2) is 3.68. The van der Waals surface area contributed by atoms with Crippen molar-refractivity contribution < 1.29 is 15.1 Å². The Balaban J connectivity index is 1.68. The summed E-state index contributed by atoms with van der Waals surface area (Å²) in [4.78, 5) is 13.0. The number of hydroxylamine groups is 2. The molecule has 0 amide bonds. The molecule has 0 aromatic rings. The van der Waals surface area contributed by atoms with E-state index < -0.39 is 5.97 Å². The second-order valence-corrected chi connectivity index (χ2v) is 5.32. The van der Waals surface area contributed by atoms with Crippen LogP contribution in [0.5, 0.6) is 0 Å². The monoisotopic (exact) mass is 226 g/mol. The van der Waals surface area contributed by atoms with Crippen LogP contribution in [0.1, 0.15) is 32.1 Å². The zero-order chi connectivity index (χ0) is 11.3. The molecule has 0 aliphatic carbocycles. The summed E-state index contributed by atoms with van der Waals surface area (Å²) in [6, 6.07) is 1.66. The molecule has 0 atom stereocenters. The number of carboxylic acid groups (broad SMARTS) is 1. The summed E-state index contributed by atoms with van der Waals surface area (Å²) in [6.07, 6.45) is 4.25. The predicted molar refractivity (Wildman–Crippen MR) is 56.2 cm³/mol. The summed E-state index contributed by atoms with van der Waals surface area (Å²) >= 11 is 0. The number of rotatable bonds is 3. The van der Waals surface area contributed by atoms with Gasteiger partial charge in [0.25, 0.3) is 0 Å². The van der Waals surface area contributed by atoms with E-state index in [1.807, 2.05) is 0 Å². The van der Waals surface area contributed by atoms with Crippen LogP contribution in [0.3, 0.4) is 0 Å². The Hall–Kier alpha value is -0.650. The minimum Gasteiger partial charge on any atom is -0.481 e. The molecule has 0 unspecified atom stereocenters. The van der Waals surface area contributed by atoms with Crippen LogP contribution in [0.25, 0.3) is 0 Å². The number of nitrogens with zero attached hydrogens (tertiary/aromatic N) is 2. The van der Waals surface area contributed by atoms with E-state index >= 15 is 0 Å². The van der Waals surface area contributed by atoms with Gasteiger partial charge in [0.15, 0.2) is 0 Å². The lowest BCUT2D eigenvalue weighted by Gasteiger charge is -2.59. The minimum absolute atomic E-state index is 0.241. The van der Waals surface area contributed by atoms with Crippen molar-refractivity contribution in [2.45, 2.75) is 56.3 Å². The standard InChI is InChI=1S/C11H18N2O3/c14-11(15)1-2-12-7-3-9-5-8(12)6-10(4-7)13(9)16/h7-10,16H,1-6H2,(H,14,15). The molecule has 4 bridgehead atoms. The Labute approximate surface area is 94.6 Å². The minimum atomic E-state index is -0.711. The highest BCUT2D eigenvalue weighted by Gasteiger charge is 2.50. The van der Waals surface area contributed by atoms with E-state index in [-0.39, 0.29) is 6.42 Å². The fraction of sp³-hybridized carbons (Fsp3) is 0.909. The van der Waals surface area contributed by atoms with Gasteiger partial charge in [-0.3, -0.25) is 9.69 Å². The van der Waals surface area contributed by atoms with Crippen molar-refractivity contribution in [3.05, 3.63) is 0 Å². The zero-order valence-corrected chi connectivity index (χ0v) is 9.25.